The van der Waals surface area contributed by atoms with Crippen molar-refractivity contribution in [1.29, 1.82) is 0 Å². The fraction of sp³-hybridized carbons (Fsp3) is 0.222. The summed E-state index contributed by atoms with van der Waals surface area (Å²) in [5, 5.41) is 3.35. The molecule has 0 fully saturated rings. The molecule has 0 aliphatic rings. The van der Waals surface area contributed by atoms with Crippen LogP contribution in [0.4, 0.5) is 5.69 Å². The quantitative estimate of drug-likeness (QED) is 0.833. The first-order valence-electron chi connectivity index (χ1n) is 7.62. The average Bonchev–Trinajstić information content (AvgIpc) is 2.60. The summed E-state index contributed by atoms with van der Waals surface area (Å²) in [7, 11) is 0. The van der Waals surface area contributed by atoms with Gasteiger partial charge < -0.3 is 10.2 Å². The molecule has 0 atom stereocenters. The highest BCUT2D eigenvalue weighted by atomic mass is 35.5. The zero-order valence-electron chi connectivity index (χ0n) is 13.5. The summed E-state index contributed by atoms with van der Waals surface area (Å²) in [4.78, 5) is 26.5. The Morgan fingerprint density at radius 3 is 2.29 bits per heavy atom. The van der Waals surface area contributed by atoms with Gasteiger partial charge in [-0.15, -0.1) is 0 Å². The average molecular weight is 365 g/mol. The molecule has 1 N–H and O–H groups in total. The van der Waals surface area contributed by atoms with Crippen LogP contribution in [-0.4, -0.2) is 29.8 Å². The lowest BCUT2D eigenvalue weighted by molar-refractivity contribution is 0.0773. The first kappa shape index (κ1) is 18.3. The van der Waals surface area contributed by atoms with E-state index in [2.05, 4.69) is 5.32 Å². The second-order valence-corrected chi connectivity index (χ2v) is 5.90. The van der Waals surface area contributed by atoms with Crippen LogP contribution in [0, 0.1) is 0 Å². The molecule has 0 bridgehead atoms. The molecule has 0 spiro atoms. The minimum Gasteiger partial charge on any atom is -0.339 e. The van der Waals surface area contributed by atoms with Crippen LogP contribution in [0.2, 0.25) is 10.0 Å². The Balaban J connectivity index is 2.23. The molecule has 0 heterocycles. The van der Waals surface area contributed by atoms with E-state index in [0.29, 0.717) is 34.9 Å². The lowest BCUT2D eigenvalue weighted by Crippen LogP contribution is -2.30. The lowest BCUT2D eigenvalue weighted by atomic mass is 10.1. The Kier molecular flexibility index (Phi) is 6.23. The van der Waals surface area contributed by atoms with Crippen molar-refractivity contribution in [3.8, 4) is 0 Å². The molecule has 6 heteroatoms. The summed E-state index contributed by atoms with van der Waals surface area (Å²) in [5.41, 5.74) is 1.28. The van der Waals surface area contributed by atoms with Gasteiger partial charge in [0.1, 0.15) is 0 Å². The van der Waals surface area contributed by atoms with Crippen molar-refractivity contribution < 1.29 is 9.59 Å². The van der Waals surface area contributed by atoms with Crippen molar-refractivity contribution >= 4 is 40.7 Å². The van der Waals surface area contributed by atoms with Crippen LogP contribution in [0.1, 0.15) is 34.6 Å². The normalized spacial score (nSPS) is 10.3. The van der Waals surface area contributed by atoms with Crippen molar-refractivity contribution in [2.24, 2.45) is 0 Å². The van der Waals surface area contributed by atoms with E-state index in [9.17, 15) is 9.59 Å². The maximum absolute atomic E-state index is 12.4. The van der Waals surface area contributed by atoms with Gasteiger partial charge in [0.05, 0.1) is 15.7 Å². The topological polar surface area (TPSA) is 49.4 Å². The zero-order chi connectivity index (χ0) is 17.7. The van der Waals surface area contributed by atoms with Crippen LogP contribution in [0.5, 0.6) is 0 Å². The number of carbonyl (C=O) groups excluding carboxylic acids is 2. The number of nitrogens with zero attached hydrogens (tertiary/aromatic N) is 1. The monoisotopic (exact) mass is 364 g/mol. The number of benzene rings is 2. The van der Waals surface area contributed by atoms with Crippen molar-refractivity contribution in [2.45, 2.75) is 13.8 Å². The number of rotatable bonds is 5. The zero-order valence-corrected chi connectivity index (χ0v) is 15.0. The molecule has 2 aromatic rings. The Labute approximate surface area is 151 Å². The van der Waals surface area contributed by atoms with Crippen LogP contribution < -0.4 is 5.32 Å². The summed E-state index contributed by atoms with van der Waals surface area (Å²) in [6.07, 6.45) is 0. The second-order valence-electron chi connectivity index (χ2n) is 5.11. The molecule has 4 nitrogen and oxygen atoms in total. The van der Waals surface area contributed by atoms with Crippen molar-refractivity contribution in [2.75, 3.05) is 18.4 Å². The van der Waals surface area contributed by atoms with Gasteiger partial charge in [-0.25, -0.2) is 0 Å². The first-order chi connectivity index (χ1) is 11.5. The van der Waals surface area contributed by atoms with Crippen LogP contribution in [0.15, 0.2) is 42.5 Å². The number of halogens is 2. The Morgan fingerprint density at radius 1 is 1.00 bits per heavy atom. The van der Waals surface area contributed by atoms with Crippen LogP contribution in [0.25, 0.3) is 0 Å². The molecule has 0 unspecified atom stereocenters. The fourth-order valence-electron chi connectivity index (χ4n) is 2.28. The van der Waals surface area contributed by atoms with Gasteiger partial charge in [0.25, 0.3) is 11.8 Å². The molecule has 0 aromatic heterocycles. The van der Waals surface area contributed by atoms with Crippen LogP contribution in [-0.2, 0) is 0 Å². The summed E-state index contributed by atoms with van der Waals surface area (Å²) in [6, 6.07) is 11.6. The molecule has 0 saturated carbocycles. The molecule has 0 aliphatic heterocycles. The van der Waals surface area contributed by atoms with Crippen molar-refractivity contribution in [3.63, 3.8) is 0 Å². The van der Waals surface area contributed by atoms with Crippen LogP contribution in [0.3, 0.4) is 0 Å². The van der Waals surface area contributed by atoms with Gasteiger partial charge in [0.15, 0.2) is 0 Å². The van der Waals surface area contributed by atoms with Crippen molar-refractivity contribution in [1.82, 2.24) is 4.90 Å². The van der Waals surface area contributed by atoms with E-state index in [1.165, 1.54) is 0 Å². The van der Waals surface area contributed by atoms with Gasteiger partial charge in [0, 0.05) is 24.2 Å². The van der Waals surface area contributed by atoms with E-state index in [1.807, 2.05) is 13.8 Å². The minimum atomic E-state index is -0.353. The van der Waals surface area contributed by atoms with Gasteiger partial charge in [0.2, 0.25) is 0 Å². The second kappa shape index (κ2) is 8.18. The first-order valence-corrected chi connectivity index (χ1v) is 8.38. The van der Waals surface area contributed by atoms with Gasteiger partial charge in [-0.2, -0.15) is 0 Å². The van der Waals surface area contributed by atoms with Crippen LogP contribution >= 0.6 is 23.2 Å². The highest BCUT2D eigenvalue weighted by Gasteiger charge is 2.15. The smallest absolute Gasteiger partial charge is 0.255 e. The number of carbonyl (C=O) groups is 2. The Bertz CT molecular complexity index is 758. The molecule has 24 heavy (non-hydrogen) atoms. The summed E-state index contributed by atoms with van der Waals surface area (Å²) in [6.45, 7) is 5.06. The standard InChI is InChI=1S/C18H18Cl2N2O2/c1-3-22(4-2)18(24)13-8-5-7-12(11-13)17(23)21-15-10-6-9-14(19)16(15)20/h5-11H,3-4H2,1-2H3,(H,21,23). The maximum Gasteiger partial charge on any atom is 0.255 e. The molecule has 2 aromatic carbocycles. The number of nitrogens with one attached hydrogen (secondary N) is 1. The Morgan fingerprint density at radius 2 is 1.62 bits per heavy atom. The van der Waals surface area contributed by atoms with Gasteiger partial charge in [-0.1, -0.05) is 35.3 Å². The van der Waals surface area contributed by atoms with E-state index < -0.39 is 0 Å². The SMILES string of the molecule is CCN(CC)C(=O)c1cccc(C(=O)Nc2cccc(Cl)c2Cl)c1. The molecule has 0 saturated heterocycles. The maximum atomic E-state index is 12.4. The highest BCUT2D eigenvalue weighted by Crippen LogP contribution is 2.29. The van der Waals surface area contributed by atoms with E-state index >= 15 is 0 Å². The third-order valence-corrected chi connectivity index (χ3v) is 4.44. The van der Waals surface area contributed by atoms with Gasteiger partial charge in [-0.3, -0.25) is 9.59 Å². The summed E-state index contributed by atoms with van der Waals surface area (Å²) < 4.78 is 0. The molecule has 2 rings (SSSR count). The van der Waals surface area contributed by atoms with E-state index in [0.717, 1.165) is 0 Å². The van der Waals surface area contributed by atoms with Crippen molar-refractivity contribution in [3.05, 3.63) is 63.6 Å². The lowest BCUT2D eigenvalue weighted by Gasteiger charge is -2.18. The molecule has 126 valence electrons. The third kappa shape index (κ3) is 4.08. The van der Waals surface area contributed by atoms with E-state index in [1.54, 1.807) is 47.4 Å². The minimum absolute atomic E-state index is 0.101. The molecular formula is C18H18Cl2N2O2. The number of anilines is 1. The van der Waals surface area contributed by atoms with E-state index in [-0.39, 0.29) is 16.8 Å². The molecule has 2 amide bonds. The molecule has 0 aliphatic carbocycles. The number of hydrogen-bond acceptors (Lipinski definition) is 2. The summed E-state index contributed by atoms with van der Waals surface area (Å²) in [5.74, 6) is -0.455. The predicted molar refractivity (Wildman–Crippen MR) is 98.1 cm³/mol. The summed E-state index contributed by atoms with van der Waals surface area (Å²) >= 11 is 12.0. The van der Waals surface area contributed by atoms with E-state index in [4.69, 9.17) is 23.2 Å². The third-order valence-electron chi connectivity index (χ3n) is 3.62. The van der Waals surface area contributed by atoms with Gasteiger partial charge in [-0.05, 0) is 44.2 Å². The van der Waals surface area contributed by atoms with Gasteiger partial charge >= 0.3 is 0 Å². The predicted octanol–water partition coefficient (Wildman–Crippen LogP) is 4.73. The number of hydrogen-bond donors (Lipinski definition) is 1. The Hall–Kier alpha value is -2.04. The molecule has 0 radical (unpaired) electrons. The number of amides is 2. The fourth-order valence-corrected chi connectivity index (χ4v) is 2.63. The largest absolute Gasteiger partial charge is 0.339 e. The molecular weight excluding hydrogens is 347 g/mol. The highest BCUT2D eigenvalue weighted by molar-refractivity contribution is 6.44.